The quantitative estimate of drug-likeness (QED) is 0.907. The summed E-state index contributed by atoms with van der Waals surface area (Å²) in [5, 5.41) is 9.97. The Kier molecular flexibility index (Phi) is 3.82. The van der Waals surface area contributed by atoms with Crippen molar-refractivity contribution in [2.24, 2.45) is 5.92 Å². The zero-order valence-corrected chi connectivity index (χ0v) is 13.7. The van der Waals surface area contributed by atoms with Crippen molar-refractivity contribution in [3.8, 4) is 0 Å². The van der Waals surface area contributed by atoms with Crippen LogP contribution in [-0.2, 0) is 4.79 Å². The molecule has 1 amide bonds. The predicted octanol–water partition coefficient (Wildman–Crippen LogP) is 2.65. The number of carboxylic acid groups (broad SMARTS) is 1. The van der Waals surface area contributed by atoms with Crippen LogP contribution in [0, 0.1) is 5.92 Å². The van der Waals surface area contributed by atoms with E-state index < -0.39 is 17.9 Å². The van der Waals surface area contributed by atoms with Crippen molar-refractivity contribution in [1.29, 1.82) is 0 Å². The Bertz CT molecular complexity index is 902. The lowest BCUT2D eigenvalue weighted by atomic mass is 9.84. The molecule has 4 rings (SSSR count). The van der Waals surface area contributed by atoms with E-state index in [1.54, 1.807) is 24.3 Å². The Morgan fingerprint density at radius 3 is 2.72 bits per heavy atom. The maximum absolute atomic E-state index is 13.0. The average Bonchev–Trinajstić information content (AvgIpc) is 3.01. The summed E-state index contributed by atoms with van der Waals surface area (Å²) in [5.41, 5.74) is 0.0427. The Hall–Kier alpha value is -2.63. The number of amides is 1. The summed E-state index contributed by atoms with van der Waals surface area (Å²) >= 11 is 0. The van der Waals surface area contributed by atoms with Crippen LogP contribution < -0.4 is 5.43 Å². The highest BCUT2D eigenvalue weighted by Gasteiger charge is 2.48. The van der Waals surface area contributed by atoms with Gasteiger partial charge in [0.05, 0.1) is 5.39 Å². The Labute approximate surface area is 144 Å². The van der Waals surface area contributed by atoms with Gasteiger partial charge < -0.3 is 14.4 Å². The van der Waals surface area contributed by atoms with Crippen LogP contribution in [-0.4, -0.2) is 34.0 Å². The molecule has 2 heterocycles. The largest absolute Gasteiger partial charge is 0.480 e. The molecule has 25 heavy (non-hydrogen) atoms. The highest BCUT2D eigenvalue weighted by atomic mass is 16.4. The van der Waals surface area contributed by atoms with E-state index in [-0.39, 0.29) is 23.1 Å². The molecule has 0 radical (unpaired) electrons. The lowest BCUT2D eigenvalue weighted by Crippen LogP contribution is -2.46. The number of fused-ring (bicyclic) bond motifs is 2. The number of nitrogens with zero attached hydrogens (tertiary/aromatic N) is 1. The van der Waals surface area contributed by atoms with Gasteiger partial charge in [0.15, 0.2) is 11.2 Å². The van der Waals surface area contributed by atoms with Crippen LogP contribution in [0.3, 0.4) is 0 Å². The number of carbonyl (C=O) groups is 2. The van der Waals surface area contributed by atoms with Crippen molar-refractivity contribution in [1.82, 2.24) is 4.90 Å². The van der Waals surface area contributed by atoms with E-state index in [1.807, 2.05) is 0 Å². The van der Waals surface area contributed by atoms with Crippen LogP contribution in [0.2, 0.25) is 0 Å². The lowest BCUT2D eigenvalue weighted by molar-refractivity contribution is -0.141. The summed E-state index contributed by atoms with van der Waals surface area (Å²) in [6.45, 7) is 0. The zero-order chi connectivity index (χ0) is 17.6. The van der Waals surface area contributed by atoms with Gasteiger partial charge in [0, 0.05) is 12.1 Å². The van der Waals surface area contributed by atoms with Crippen molar-refractivity contribution < 1.29 is 19.1 Å². The van der Waals surface area contributed by atoms with Gasteiger partial charge >= 0.3 is 5.97 Å². The molecule has 6 heteroatoms. The Balaban J connectivity index is 1.76. The molecule has 1 aliphatic heterocycles. The minimum Gasteiger partial charge on any atom is -0.480 e. The monoisotopic (exact) mass is 341 g/mol. The number of likely N-dealkylation sites (tertiary alicyclic amines) is 1. The maximum Gasteiger partial charge on any atom is 0.326 e. The van der Waals surface area contributed by atoms with E-state index >= 15 is 0 Å². The van der Waals surface area contributed by atoms with Crippen LogP contribution in [0.15, 0.2) is 39.5 Å². The minimum atomic E-state index is -0.995. The SMILES string of the molecule is O=C(O)C1CC2CCCCC2N1C(=O)c1cc(=O)c2ccccc2o1. The summed E-state index contributed by atoms with van der Waals surface area (Å²) in [5.74, 6) is -1.36. The van der Waals surface area contributed by atoms with Gasteiger partial charge in [-0.3, -0.25) is 9.59 Å². The summed E-state index contributed by atoms with van der Waals surface area (Å²) in [7, 11) is 0. The van der Waals surface area contributed by atoms with Crippen LogP contribution in [0.25, 0.3) is 11.0 Å². The summed E-state index contributed by atoms with van der Waals surface area (Å²) in [6.07, 6.45) is 4.28. The highest BCUT2D eigenvalue weighted by Crippen LogP contribution is 2.40. The van der Waals surface area contributed by atoms with Gasteiger partial charge in [0.1, 0.15) is 11.6 Å². The first kappa shape index (κ1) is 15.9. The molecule has 1 aliphatic carbocycles. The Morgan fingerprint density at radius 2 is 1.92 bits per heavy atom. The van der Waals surface area contributed by atoms with E-state index in [2.05, 4.69) is 0 Å². The van der Waals surface area contributed by atoms with Crippen molar-refractivity contribution in [2.45, 2.75) is 44.2 Å². The molecule has 6 nitrogen and oxygen atoms in total. The first-order chi connectivity index (χ1) is 12.1. The van der Waals surface area contributed by atoms with Crippen molar-refractivity contribution in [2.75, 3.05) is 0 Å². The highest BCUT2D eigenvalue weighted by molar-refractivity contribution is 5.96. The third kappa shape index (κ3) is 2.62. The molecule has 3 atom stereocenters. The van der Waals surface area contributed by atoms with E-state index in [0.717, 1.165) is 25.7 Å². The molecule has 1 saturated heterocycles. The molecule has 0 bridgehead atoms. The normalized spacial score (nSPS) is 25.8. The molecule has 1 saturated carbocycles. The van der Waals surface area contributed by atoms with E-state index in [9.17, 15) is 19.5 Å². The first-order valence-electron chi connectivity index (χ1n) is 8.64. The molecule has 2 aliphatic rings. The minimum absolute atomic E-state index is 0.0822. The molecule has 130 valence electrons. The van der Waals surface area contributed by atoms with Gasteiger partial charge in [0.2, 0.25) is 0 Å². The summed E-state index contributed by atoms with van der Waals surface area (Å²) in [4.78, 5) is 38.4. The van der Waals surface area contributed by atoms with Crippen LogP contribution in [0.5, 0.6) is 0 Å². The number of benzene rings is 1. The topological polar surface area (TPSA) is 87.8 Å². The van der Waals surface area contributed by atoms with Crippen LogP contribution in [0.4, 0.5) is 0 Å². The molecule has 1 aromatic heterocycles. The third-order valence-corrected chi connectivity index (χ3v) is 5.45. The number of rotatable bonds is 2. The van der Waals surface area contributed by atoms with Gasteiger partial charge in [-0.2, -0.15) is 0 Å². The van der Waals surface area contributed by atoms with Gasteiger partial charge in [0.25, 0.3) is 5.91 Å². The summed E-state index contributed by atoms with van der Waals surface area (Å²) in [6, 6.07) is 6.98. The molecule has 2 fully saturated rings. The molecular formula is C19H19NO5. The van der Waals surface area contributed by atoms with Crippen molar-refractivity contribution in [3.63, 3.8) is 0 Å². The third-order valence-electron chi connectivity index (χ3n) is 5.45. The van der Waals surface area contributed by atoms with Gasteiger partial charge in [-0.1, -0.05) is 25.0 Å². The van der Waals surface area contributed by atoms with Crippen molar-refractivity contribution in [3.05, 3.63) is 46.3 Å². The molecule has 3 unspecified atom stereocenters. The first-order valence-corrected chi connectivity index (χ1v) is 8.64. The summed E-state index contributed by atoms with van der Waals surface area (Å²) < 4.78 is 5.64. The fraction of sp³-hybridized carbons (Fsp3) is 0.421. The zero-order valence-electron chi connectivity index (χ0n) is 13.7. The Morgan fingerprint density at radius 1 is 1.16 bits per heavy atom. The van der Waals surface area contributed by atoms with Gasteiger partial charge in [-0.25, -0.2) is 4.79 Å². The van der Waals surface area contributed by atoms with Crippen LogP contribution in [0.1, 0.15) is 42.7 Å². The predicted molar refractivity (Wildman–Crippen MR) is 90.4 cm³/mol. The maximum atomic E-state index is 13.0. The second-order valence-corrected chi connectivity index (χ2v) is 6.89. The second-order valence-electron chi connectivity index (χ2n) is 6.89. The number of carbonyl (C=O) groups excluding carboxylic acids is 1. The number of hydrogen-bond donors (Lipinski definition) is 1. The van der Waals surface area contributed by atoms with Gasteiger partial charge in [-0.15, -0.1) is 0 Å². The van der Waals surface area contributed by atoms with Crippen molar-refractivity contribution >= 4 is 22.8 Å². The molecule has 0 spiro atoms. The lowest BCUT2D eigenvalue weighted by Gasteiger charge is -2.32. The van der Waals surface area contributed by atoms with Crippen LogP contribution >= 0.6 is 0 Å². The van der Waals surface area contributed by atoms with E-state index in [1.165, 1.54) is 11.0 Å². The number of hydrogen-bond acceptors (Lipinski definition) is 4. The fourth-order valence-corrected chi connectivity index (χ4v) is 4.31. The second kappa shape index (κ2) is 6.02. The molecule has 1 N–H and O–H groups in total. The average molecular weight is 341 g/mol. The van der Waals surface area contributed by atoms with E-state index in [0.29, 0.717) is 17.4 Å². The number of aliphatic carboxylic acids is 1. The number of carboxylic acids is 1. The molecular weight excluding hydrogens is 322 g/mol. The smallest absolute Gasteiger partial charge is 0.326 e. The molecule has 1 aromatic carbocycles. The van der Waals surface area contributed by atoms with Gasteiger partial charge in [-0.05, 0) is 37.3 Å². The standard InChI is InChI=1S/C19H19NO5/c21-15-10-17(25-16-8-4-2-6-12(15)16)18(22)20-13-7-3-1-5-11(13)9-14(20)19(23)24/h2,4,6,8,10-11,13-14H,1,3,5,7,9H2,(H,23,24). The number of para-hydroxylation sites is 1. The fourth-order valence-electron chi connectivity index (χ4n) is 4.31. The van der Waals surface area contributed by atoms with E-state index in [4.69, 9.17) is 4.42 Å². The molecule has 2 aromatic rings.